The van der Waals surface area contributed by atoms with Gasteiger partial charge in [-0.1, -0.05) is 23.7 Å². The second-order valence-corrected chi connectivity index (χ2v) is 7.61. The lowest BCUT2D eigenvalue weighted by Gasteiger charge is -2.32. The highest BCUT2D eigenvalue weighted by Gasteiger charge is 2.25. The number of hydrogen-bond acceptors (Lipinski definition) is 2. The Kier molecular flexibility index (Phi) is 5.97. The van der Waals surface area contributed by atoms with Crippen LogP contribution >= 0.6 is 11.6 Å². The summed E-state index contributed by atoms with van der Waals surface area (Å²) in [6.07, 6.45) is 0.586. The maximum atomic E-state index is 12.4. The molecule has 0 unspecified atom stereocenters. The van der Waals surface area contributed by atoms with Crippen LogP contribution in [-0.2, 0) is 11.3 Å². The van der Waals surface area contributed by atoms with Gasteiger partial charge in [-0.2, -0.15) is 0 Å². The fraction of sp³-hybridized carbons (Fsp3) is 0.381. The number of amides is 1. The Bertz CT molecular complexity index is 766. The third-order valence-corrected chi connectivity index (χ3v) is 5.13. The van der Waals surface area contributed by atoms with Gasteiger partial charge < -0.3 is 15.0 Å². The highest BCUT2D eigenvalue weighted by molar-refractivity contribution is 6.31. The van der Waals surface area contributed by atoms with Gasteiger partial charge in [0.2, 0.25) is 0 Å². The Hall–Kier alpha value is -1.88. The van der Waals surface area contributed by atoms with Crippen LogP contribution in [0.4, 0.5) is 5.69 Å². The molecule has 0 aliphatic carbocycles. The molecule has 2 aromatic carbocycles. The van der Waals surface area contributed by atoms with E-state index in [-0.39, 0.29) is 5.91 Å². The summed E-state index contributed by atoms with van der Waals surface area (Å²) in [7, 11) is 0. The standard InChI is InChI=1S/C21H25ClN2O2/c1-14-10-19(8-9-20(14)22)23-21(25)18-6-4-17(5-7-18)13-24-11-15(2)26-16(3)12-24/h4-10,15-16H,11-13H2,1-3H3,(H,23,25)/p+1/t15-,16-/m1/s1. The molecule has 3 rings (SSSR count). The quantitative estimate of drug-likeness (QED) is 0.864. The first kappa shape index (κ1) is 18.9. The van der Waals surface area contributed by atoms with Crippen LogP contribution in [0.25, 0.3) is 0 Å². The SMILES string of the molecule is Cc1cc(NC(=O)c2ccc(C[NH+]3C[C@@H](C)O[C@H](C)C3)cc2)ccc1Cl. The Morgan fingerprint density at radius 2 is 1.81 bits per heavy atom. The zero-order chi connectivity index (χ0) is 18.7. The molecule has 1 aliphatic heterocycles. The van der Waals surface area contributed by atoms with Crippen LogP contribution in [0.15, 0.2) is 42.5 Å². The fourth-order valence-electron chi connectivity index (χ4n) is 3.52. The summed E-state index contributed by atoms with van der Waals surface area (Å²) in [6, 6.07) is 13.3. The highest BCUT2D eigenvalue weighted by Crippen LogP contribution is 2.20. The van der Waals surface area contributed by atoms with Crippen molar-refractivity contribution in [1.29, 1.82) is 0 Å². The van der Waals surface area contributed by atoms with Gasteiger partial charge in [0.15, 0.2) is 0 Å². The normalized spacial score (nSPS) is 22.8. The van der Waals surface area contributed by atoms with Gasteiger partial charge in [0.1, 0.15) is 31.8 Å². The van der Waals surface area contributed by atoms with Crippen molar-refractivity contribution in [3.8, 4) is 0 Å². The Morgan fingerprint density at radius 3 is 2.42 bits per heavy atom. The molecule has 0 bridgehead atoms. The fourth-order valence-corrected chi connectivity index (χ4v) is 3.64. The van der Waals surface area contributed by atoms with E-state index < -0.39 is 0 Å². The zero-order valence-electron chi connectivity index (χ0n) is 15.5. The van der Waals surface area contributed by atoms with E-state index in [1.165, 1.54) is 10.5 Å². The van der Waals surface area contributed by atoms with Crippen molar-refractivity contribution < 1.29 is 14.4 Å². The van der Waals surface area contributed by atoms with E-state index in [0.29, 0.717) is 22.8 Å². The van der Waals surface area contributed by atoms with Gasteiger partial charge in [-0.05, 0) is 56.7 Å². The van der Waals surface area contributed by atoms with Gasteiger partial charge in [-0.15, -0.1) is 0 Å². The maximum Gasteiger partial charge on any atom is 0.255 e. The van der Waals surface area contributed by atoms with Gasteiger partial charge in [-0.3, -0.25) is 4.79 Å². The minimum Gasteiger partial charge on any atom is -0.364 e. The molecule has 138 valence electrons. The summed E-state index contributed by atoms with van der Waals surface area (Å²) in [4.78, 5) is 14.0. The number of anilines is 1. The lowest BCUT2D eigenvalue weighted by Crippen LogP contribution is -3.14. The summed E-state index contributed by atoms with van der Waals surface area (Å²) in [5.74, 6) is -0.112. The number of quaternary nitrogens is 1. The number of nitrogens with one attached hydrogen (secondary N) is 2. The van der Waals surface area contributed by atoms with Gasteiger partial charge in [0.25, 0.3) is 5.91 Å². The molecule has 4 nitrogen and oxygen atoms in total. The summed E-state index contributed by atoms with van der Waals surface area (Å²) < 4.78 is 5.79. The van der Waals surface area contributed by atoms with Crippen molar-refractivity contribution in [1.82, 2.24) is 0 Å². The molecule has 2 N–H and O–H groups in total. The predicted molar refractivity (Wildman–Crippen MR) is 105 cm³/mol. The minimum atomic E-state index is -0.112. The van der Waals surface area contributed by atoms with Crippen LogP contribution in [-0.4, -0.2) is 31.2 Å². The largest absolute Gasteiger partial charge is 0.364 e. The molecule has 1 saturated heterocycles. The van der Waals surface area contributed by atoms with Crippen molar-refractivity contribution in [2.24, 2.45) is 0 Å². The molecule has 1 heterocycles. The monoisotopic (exact) mass is 373 g/mol. The van der Waals surface area contributed by atoms with Crippen molar-refractivity contribution in [3.05, 3.63) is 64.2 Å². The number of benzene rings is 2. The van der Waals surface area contributed by atoms with E-state index in [1.54, 1.807) is 6.07 Å². The minimum absolute atomic E-state index is 0.112. The molecule has 1 aliphatic rings. The Balaban J connectivity index is 1.61. The average Bonchev–Trinajstić information content (AvgIpc) is 2.58. The van der Waals surface area contributed by atoms with E-state index in [9.17, 15) is 4.79 Å². The van der Waals surface area contributed by atoms with Crippen LogP contribution in [0.3, 0.4) is 0 Å². The number of halogens is 1. The first-order valence-corrected chi connectivity index (χ1v) is 9.44. The summed E-state index contributed by atoms with van der Waals surface area (Å²) in [6.45, 7) is 9.16. The van der Waals surface area contributed by atoms with E-state index in [4.69, 9.17) is 16.3 Å². The van der Waals surface area contributed by atoms with Crippen molar-refractivity contribution in [2.45, 2.75) is 39.5 Å². The van der Waals surface area contributed by atoms with Crippen LogP contribution in [0.5, 0.6) is 0 Å². The number of carbonyl (C=O) groups excluding carboxylic acids is 1. The van der Waals surface area contributed by atoms with Crippen molar-refractivity contribution in [3.63, 3.8) is 0 Å². The summed E-state index contributed by atoms with van der Waals surface area (Å²) in [5.41, 5.74) is 3.58. The van der Waals surface area contributed by atoms with E-state index in [0.717, 1.165) is 30.9 Å². The Morgan fingerprint density at radius 1 is 1.15 bits per heavy atom. The molecule has 1 fully saturated rings. The number of aryl methyl sites for hydroxylation is 1. The second kappa shape index (κ2) is 8.21. The topological polar surface area (TPSA) is 42.8 Å². The third-order valence-electron chi connectivity index (χ3n) is 4.70. The van der Waals surface area contributed by atoms with Crippen LogP contribution in [0.1, 0.15) is 35.3 Å². The Labute approximate surface area is 160 Å². The molecular weight excluding hydrogens is 348 g/mol. The highest BCUT2D eigenvalue weighted by atomic mass is 35.5. The van der Waals surface area contributed by atoms with Gasteiger partial charge in [-0.25, -0.2) is 0 Å². The maximum absolute atomic E-state index is 12.4. The zero-order valence-corrected chi connectivity index (χ0v) is 16.3. The van der Waals surface area contributed by atoms with Gasteiger partial charge >= 0.3 is 0 Å². The number of carbonyl (C=O) groups is 1. The average molecular weight is 374 g/mol. The van der Waals surface area contributed by atoms with E-state index in [2.05, 4.69) is 19.2 Å². The van der Waals surface area contributed by atoms with E-state index >= 15 is 0 Å². The number of ether oxygens (including phenoxy) is 1. The van der Waals surface area contributed by atoms with Crippen LogP contribution < -0.4 is 10.2 Å². The smallest absolute Gasteiger partial charge is 0.255 e. The first-order chi connectivity index (χ1) is 12.4. The van der Waals surface area contributed by atoms with E-state index in [1.807, 2.05) is 43.3 Å². The summed E-state index contributed by atoms with van der Waals surface area (Å²) in [5, 5.41) is 3.62. The second-order valence-electron chi connectivity index (χ2n) is 7.21. The lowest BCUT2D eigenvalue weighted by atomic mass is 10.1. The van der Waals surface area contributed by atoms with Gasteiger partial charge in [0, 0.05) is 21.8 Å². The summed E-state index contributed by atoms with van der Waals surface area (Å²) >= 11 is 6.03. The van der Waals surface area contributed by atoms with Crippen LogP contribution in [0.2, 0.25) is 5.02 Å². The number of rotatable bonds is 4. The molecule has 0 aromatic heterocycles. The molecule has 26 heavy (non-hydrogen) atoms. The predicted octanol–water partition coefficient (Wildman–Crippen LogP) is 3.09. The molecule has 2 atom stereocenters. The number of hydrogen-bond donors (Lipinski definition) is 2. The molecule has 5 heteroatoms. The molecular formula is C21H26ClN2O2+. The third kappa shape index (κ3) is 4.85. The molecule has 0 spiro atoms. The van der Waals surface area contributed by atoms with Crippen LogP contribution in [0, 0.1) is 6.92 Å². The lowest BCUT2D eigenvalue weighted by molar-refractivity contribution is -0.928. The molecule has 1 amide bonds. The molecule has 2 aromatic rings. The molecule has 0 radical (unpaired) electrons. The molecule has 0 saturated carbocycles. The van der Waals surface area contributed by atoms with Gasteiger partial charge in [0.05, 0.1) is 0 Å². The number of morpholine rings is 1. The first-order valence-electron chi connectivity index (χ1n) is 9.06. The van der Waals surface area contributed by atoms with Crippen molar-refractivity contribution >= 4 is 23.2 Å². The van der Waals surface area contributed by atoms with Crippen molar-refractivity contribution in [2.75, 3.05) is 18.4 Å².